The minimum Gasteiger partial charge on any atom is -0.368 e. The van der Waals surface area contributed by atoms with Crippen molar-refractivity contribution in [3.63, 3.8) is 0 Å². The van der Waals surface area contributed by atoms with E-state index >= 15 is 0 Å². The molecule has 1 aromatic rings. The molecule has 0 radical (unpaired) electrons. The molecule has 3 rings (SSSR count). The number of carbonyl (C=O) groups excluding carboxylic acids is 3. The lowest BCUT2D eigenvalue weighted by molar-refractivity contribution is -0.143. The molecule has 1 aromatic heterocycles. The Balaban J connectivity index is 1.79. The summed E-state index contributed by atoms with van der Waals surface area (Å²) < 4.78 is 5.54. The van der Waals surface area contributed by atoms with Gasteiger partial charge in [-0.2, -0.15) is 11.3 Å². The standard InChI is InChI=1S/C19H26N2O4S/c1-19(2,3)9-13(20-17(23)12-6-8-26-11-12)18(24)21-7-4-5-15-16(21)14(22)10-25-15/h6,8,11,13,15-16H,4-5,7,9-10H2,1-3H3,(H,20,23)/t13-,15-,16-/m0/s1. The Morgan fingerprint density at radius 1 is 1.42 bits per heavy atom. The molecule has 0 aliphatic carbocycles. The lowest BCUT2D eigenvalue weighted by atomic mass is 9.86. The average Bonchev–Trinajstić information content (AvgIpc) is 3.22. The number of fused-ring (bicyclic) bond motifs is 1. The van der Waals surface area contributed by atoms with Crippen LogP contribution in [-0.4, -0.2) is 53.8 Å². The molecule has 0 saturated carbocycles. The van der Waals surface area contributed by atoms with Crippen LogP contribution in [0.25, 0.3) is 0 Å². The van der Waals surface area contributed by atoms with Crippen molar-refractivity contribution in [2.75, 3.05) is 13.2 Å². The summed E-state index contributed by atoms with van der Waals surface area (Å²) in [7, 11) is 0. The summed E-state index contributed by atoms with van der Waals surface area (Å²) in [5.74, 6) is -0.477. The fraction of sp³-hybridized carbons (Fsp3) is 0.632. The first-order valence-electron chi connectivity index (χ1n) is 9.04. The summed E-state index contributed by atoms with van der Waals surface area (Å²) in [6.07, 6.45) is 1.90. The van der Waals surface area contributed by atoms with Crippen molar-refractivity contribution in [3.8, 4) is 0 Å². The molecule has 26 heavy (non-hydrogen) atoms. The highest BCUT2D eigenvalue weighted by Gasteiger charge is 2.46. The molecule has 0 unspecified atom stereocenters. The lowest BCUT2D eigenvalue weighted by Crippen LogP contribution is -2.58. The van der Waals surface area contributed by atoms with Crippen LogP contribution in [0.2, 0.25) is 0 Å². The van der Waals surface area contributed by atoms with E-state index in [1.54, 1.807) is 16.3 Å². The van der Waals surface area contributed by atoms with Crippen LogP contribution in [0.1, 0.15) is 50.4 Å². The Bertz CT molecular complexity index is 680. The molecule has 6 nitrogen and oxygen atoms in total. The Hall–Kier alpha value is -1.73. The van der Waals surface area contributed by atoms with Crippen molar-refractivity contribution in [3.05, 3.63) is 22.4 Å². The highest BCUT2D eigenvalue weighted by molar-refractivity contribution is 7.08. The van der Waals surface area contributed by atoms with Gasteiger partial charge in [-0.05, 0) is 36.1 Å². The Kier molecular flexibility index (Phi) is 5.48. The van der Waals surface area contributed by atoms with E-state index in [2.05, 4.69) is 5.32 Å². The number of thiophene rings is 1. The smallest absolute Gasteiger partial charge is 0.252 e. The molecule has 3 atom stereocenters. The molecule has 2 aliphatic heterocycles. The third kappa shape index (κ3) is 4.15. The fourth-order valence-electron chi connectivity index (χ4n) is 3.69. The predicted octanol–water partition coefficient (Wildman–Crippen LogP) is 2.24. The molecule has 0 spiro atoms. The Morgan fingerprint density at radius 3 is 2.85 bits per heavy atom. The molecule has 2 amide bonds. The number of ketones is 1. The van der Waals surface area contributed by atoms with Crippen LogP contribution in [0.15, 0.2) is 16.8 Å². The van der Waals surface area contributed by atoms with Gasteiger partial charge in [0.15, 0.2) is 5.78 Å². The third-order valence-corrected chi connectivity index (χ3v) is 5.51. The minimum absolute atomic E-state index is 0.0401. The fourth-order valence-corrected chi connectivity index (χ4v) is 4.32. The molecule has 7 heteroatoms. The zero-order valence-corrected chi connectivity index (χ0v) is 16.3. The highest BCUT2D eigenvalue weighted by Crippen LogP contribution is 2.29. The summed E-state index contributed by atoms with van der Waals surface area (Å²) >= 11 is 1.44. The van der Waals surface area contributed by atoms with Crippen LogP contribution in [-0.2, 0) is 14.3 Å². The second-order valence-electron chi connectivity index (χ2n) is 8.24. The minimum atomic E-state index is -0.658. The largest absolute Gasteiger partial charge is 0.368 e. The quantitative estimate of drug-likeness (QED) is 0.872. The van der Waals surface area contributed by atoms with Crippen molar-refractivity contribution in [2.24, 2.45) is 5.41 Å². The lowest BCUT2D eigenvalue weighted by Gasteiger charge is -2.38. The zero-order valence-electron chi connectivity index (χ0n) is 15.5. The Labute approximate surface area is 157 Å². The SMILES string of the molecule is CC(C)(C)C[C@H](NC(=O)c1ccsc1)C(=O)N1CCC[C@@H]2OCC(=O)[C@@H]21. The first-order chi connectivity index (χ1) is 12.3. The number of carbonyl (C=O) groups is 3. The van der Waals surface area contributed by atoms with Crippen LogP contribution < -0.4 is 5.32 Å². The van der Waals surface area contributed by atoms with Gasteiger partial charge in [-0.1, -0.05) is 20.8 Å². The van der Waals surface area contributed by atoms with Crippen LogP contribution in [0.4, 0.5) is 0 Å². The number of likely N-dealkylation sites (tertiary alicyclic amines) is 1. The van der Waals surface area contributed by atoms with Crippen LogP contribution >= 0.6 is 11.3 Å². The highest BCUT2D eigenvalue weighted by atomic mass is 32.1. The van der Waals surface area contributed by atoms with Gasteiger partial charge in [-0.25, -0.2) is 0 Å². The van der Waals surface area contributed by atoms with E-state index in [1.165, 1.54) is 11.3 Å². The summed E-state index contributed by atoms with van der Waals surface area (Å²) in [5.41, 5.74) is 0.409. The van der Waals surface area contributed by atoms with Gasteiger partial charge in [0.25, 0.3) is 5.91 Å². The molecule has 0 bridgehead atoms. The van der Waals surface area contributed by atoms with Crippen LogP contribution in [0.3, 0.4) is 0 Å². The molecule has 1 N–H and O–H groups in total. The number of nitrogens with one attached hydrogen (secondary N) is 1. The number of ether oxygens (including phenoxy) is 1. The molecule has 2 fully saturated rings. The molecule has 2 saturated heterocycles. The average molecular weight is 378 g/mol. The topological polar surface area (TPSA) is 75.7 Å². The number of hydrogen-bond acceptors (Lipinski definition) is 5. The third-order valence-electron chi connectivity index (χ3n) is 4.83. The maximum atomic E-state index is 13.3. The second-order valence-corrected chi connectivity index (χ2v) is 9.02. The van der Waals surface area contributed by atoms with E-state index in [-0.39, 0.29) is 35.7 Å². The molecular formula is C19H26N2O4S. The summed E-state index contributed by atoms with van der Waals surface area (Å²) in [5, 5.41) is 6.49. The first-order valence-corrected chi connectivity index (χ1v) is 9.98. The van der Waals surface area contributed by atoms with Gasteiger partial charge in [0.1, 0.15) is 18.7 Å². The monoisotopic (exact) mass is 378 g/mol. The van der Waals surface area contributed by atoms with Gasteiger partial charge >= 0.3 is 0 Å². The number of rotatable bonds is 4. The van der Waals surface area contributed by atoms with E-state index < -0.39 is 12.1 Å². The van der Waals surface area contributed by atoms with Crippen molar-refractivity contribution < 1.29 is 19.1 Å². The number of Topliss-reactive ketones (excluding diaryl/α,β-unsaturated/α-hetero) is 1. The van der Waals surface area contributed by atoms with Crippen molar-refractivity contribution >= 4 is 28.9 Å². The number of amides is 2. The Morgan fingerprint density at radius 2 is 2.19 bits per heavy atom. The van der Waals surface area contributed by atoms with Crippen LogP contribution in [0.5, 0.6) is 0 Å². The van der Waals surface area contributed by atoms with Gasteiger partial charge in [0.05, 0.1) is 11.7 Å². The van der Waals surface area contributed by atoms with Crippen LogP contribution in [0, 0.1) is 5.41 Å². The molecule has 0 aromatic carbocycles. The molecule has 3 heterocycles. The number of hydrogen-bond donors (Lipinski definition) is 1. The number of nitrogens with zero attached hydrogens (tertiary/aromatic N) is 1. The van der Waals surface area contributed by atoms with Gasteiger partial charge in [-0.15, -0.1) is 0 Å². The van der Waals surface area contributed by atoms with E-state index in [1.807, 2.05) is 26.2 Å². The normalized spacial score (nSPS) is 24.3. The summed E-state index contributed by atoms with van der Waals surface area (Å²) in [6, 6.07) is 0.579. The van der Waals surface area contributed by atoms with Crippen molar-refractivity contribution in [1.29, 1.82) is 0 Å². The summed E-state index contributed by atoms with van der Waals surface area (Å²) in [4.78, 5) is 39.7. The zero-order chi connectivity index (χ0) is 18.9. The van der Waals surface area contributed by atoms with Gasteiger partial charge in [0.2, 0.25) is 5.91 Å². The van der Waals surface area contributed by atoms with E-state index in [0.717, 1.165) is 12.8 Å². The molecule has 142 valence electrons. The summed E-state index contributed by atoms with van der Waals surface area (Å²) in [6.45, 7) is 6.71. The van der Waals surface area contributed by atoms with E-state index in [4.69, 9.17) is 4.74 Å². The molecule has 2 aliphatic rings. The van der Waals surface area contributed by atoms with Gasteiger partial charge < -0.3 is 15.0 Å². The van der Waals surface area contributed by atoms with Gasteiger partial charge in [0, 0.05) is 11.9 Å². The first kappa shape index (κ1) is 19.0. The molecular weight excluding hydrogens is 352 g/mol. The second kappa shape index (κ2) is 7.48. The van der Waals surface area contributed by atoms with E-state index in [0.29, 0.717) is 18.5 Å². The maximum Gasteiger partial charge on any atom is 0.252 e. The number of piperidine rings is 1. The maximum absolute atomic E-state index is 13.3. The van der Waals surface area contributed by atoms with Crippen molar-refractivity contribution in [1.82, 2.24) is 10.2 Å². The van der Waals surface area contributed by atoms with E-state index in [9.17, 15) is 14.4 Å². The predicted molar refractivity (Wildman–Crippen MR) is 99.1 cm³/mol. The van der Waals surface area contributed by atoms with Gasteiger partial charge in [-0.3, -0.25) is 14.4 Å². The van der Waals surface area contributed by atoms with Crippen molar-refractivity contribution in [2.45, 2.75) is 58.2 Å².